The summed E-state index contributed by atoms with van der Waals surface area (Å²) >= 11 is 0. The minimum atomic E-state index is 0.799. The van der Waals surface area contributed by atoms with Crippen molar-refractivity contribution in [2.75, 3.05) is 0 Å². The number of rotatable bonds is 3. The molecule has 0 aliphatic heterocycles. The smallest absolute Gasteiger partial charge is 0.0921 e. The van der Waals surface area contributed by atoms with Gasteiger partial charge in [0, 0.05) is 30.2 Å². The van der Waals surface area contributed by atoms with Crippen LogP contribution in [0, 0.1) is 0 Å². The van der Waals surface area contributed by atoms with Crippen molar-refractivity contribution >= 4 is 0 Å². The van der Waals surface area contributed by atoms with Crippen LogP contribution in [0.1, 0.15) is 54.6 Å². The number of aryl methyl sites for hydroxylation is 2. The number of fused-ring (bicyclic) bond motifs is 1. The molecule has 0 spiro atoms. The molecular weight excluding hydrogens is 318 g/mol. The molecule has 1 aliphatic carbocycles. The average molecular weight is 343 g/mol. The van der Waals surface area contributed by atoms with Crippen molar-refractivity contribution in [2.45, 2.75) is 51.4 Å². The Morgan fingerprint density at radius 2 is 1.58 bits per heavy atom. The van der Waals surface area contributed by atoms with E-state index >= 15 is 0 Å². The van der Waals surface area contributed by atoms with Gasteiger partial charge in [0.05, 0.1) is 11.4 Å². The van der Waals surface area contributed by atoms with Crippen LogP contribution in [0.25, 0.3) is 11.4 Å². The van der Waals surface area contributed by atoms with E-state index in [1.165, 1.54) is 55.3 Å². The van der Waals surface area contributed by atoms with Crippen molar-refractivity contribution < 1.29 is 0 Å². The topological polar surface area (TPSA) is 38.7 Å². The Morgan fingerprint density at radius 1 is 0.731 bits per heavy atom. The van der Waals surface area contributed by atoms with E-state index in [0.29, 0.717) is 0 Å². The van der Waals surface area contributed by atoms with Gasteiger partial charge in [0.1, 0.15) is 0 Å². The number of hydrogen-bond acceptors (Lipinski definition) is 3. The molecule has 1 aliphatic rings. The highest BCUT2D eigenvalue weighted by molar-refractivity contribution is 5.59. The van der Waals surface area contributed by atoms with Crippen LogP contribution in [0.15, 0.2) is 54.9 Å². The fourth-order valence-corrected chi connectivity index (χ4v) is 3.77. The highest BCUT2D eigenvalue weighted by Gasteiger charge is 2.12. The largest absolute Gasteiger partial charge is 0.257 e. The molecule has 3 heteroatoms. The van der Waals surface area contributed by atoms with E-state index in [2.05, 4.69) is 28.2 Å². The van der Waals surface area contributed by atoms with E-state index in [1.54, 1.807) is 0 Å². The highest BCUT2D eigenvalue weighted by atomic mass is 14.8. The molecule has 0 saturated carbocycles. The standard InChI is InChI=1S/C23H25N3/c1-2-4-9-18-13-14-20(26-21(18)11-5-3-1)17-19-10-8-16-25-23(19)22-12-6-7-15-24-22/h6-8,10,12-16H,1-5,9,11,17H2. The molecular formula is C23H25N3. The van der Waals surface area contributed by atoms with Gasteiger partial charge in [-0.15, -0.1) is 0 Å². The lowest BCUT2D eigenvalue weighted by molar-refractivity contribution is 0.628. The molecule has 0 amide bonds. The van der Waals surface area contributed by atoms with Crippen molar-refractivity contribution in [1.29, 1.82) is 0 Å². The summed E-state index contributed by atoms with van der Waals surface area (Å²) in [7, 11) is 0. The van der Waals surface area contributed by atoms with E-state index < -0.39 is 0 Å². The van der Waals surface area contributed by atoms with E-state index in [-0.39, 0.29) is 0 Å². The lowest BCUT2D eigenvalue weighted by Crippen LogP contribution is -2.03. The quantitative estimate of drug-likeness (QED) is 0.658. The molecule has 3 nitrogen and oxygen atoms in total. The molecule has 3 aromatic rings. The van der Waals surface area contributed by atoms with E-state index in [9.17, 15) is 0 Å². The van der Waals surface area contributed by atoms with Crippen molar-refractivity contribution in [1.82, 2.24) is 15.0 Å². The Morgan fingerprint density at radius 3 is 2.46 bits per heavy atom. The second-order valence-corrected chi connectivity index (χ2v) is 7.08. The van der Waals surface area contributed by atoms with Gasteiger partial charge in [0.25, 0.3) is 0 Å². The van der Waals surface area contributed by atoms with Crippen molar-refractivity contribution in [2.24, 2.45) is 0 Å². The van der Waals surface area contributed by atoms with E-state index in [0.717, 1.165) is 29.9 Å². The Kier molecular flexibility index (Phi) is 5.34. The number of nitrogens with zero attached hydrogens (tertiary/aromatic N) is 3. The van der Waals surface area contributed by atoms with Crippen LogP contribution in [0.5, 0.6) is 0 Å². The molecule has 3 aromatic heterocycles. The second-order valence-electron chi connectivity index (χ2n) is 7.08. The van der Waals surface area contributed by atoms with Gasteiger partial charge in [-0.2, -0.15) is 0 Å². The first kappa shape index (κ1) is 16.9. The minimum absolute atomic E-state index is 0.799. The summed E-state index contributed by atoms with van der Waals surface area (Å²) in [5.41, 5.74) is 6.96. The van der Waals surface area contributed by atoms with Gasteiger partial charge >= 0.3 is 0 Å². The monoisotopic (exact) mass is 343 g/mol. The molecule has 0 atom stereocenters. The number of pyridine rings is 3. The summed E-state index contributed by atoms with van der Waals surface area (Å²) in [4.78, 5) is 14.1. The van der Waals surface area contributed by atoms with Crippen LogP contribution in [0.4, 0.5) is 0 Å². The Hall–Kier alpha value is -2.55. The number of hydrogen-bond donors (Lipinski definition) is 0. The maximum atomic E-state index is 5.04. The third kappa shape index (κ3) is 3.98. The van der Waals surface area contributed by atoms with Crippen LogP contribution >= 0.6 is 0 Å². The summed E-state index contributed by atoms with van der Waals surface area (Å²) in [6, 6.07) is 14.6. The first-order valence-electron chi connectivity index (χ1n) is 9.73. The summed E-state index contributed by atoms with van der Waals surface area (Å²) in [6.45, 7) is 0. The number of aromatic nitrogens is 3. The lowest BCUT2D eigenvalue weighted by atomic mass is 10.0. The SMILES string of the molecule is c1ccc(-c2ncccc2Cc2ccc3c(n2)CCCCCCC3)nc1. The molecule has 4 rings (SSSR count). The lowest BCUT2D eigenvalue weighted by Gasteiger charge is -2.11. The summed E-state index contributed by atoms with van der Waals surface area (Å²) in [5, 5.41) is 0. The Labute approximate surface area is 155 Å². The van der Waals surface area contributed by atoms with Crippen LogP contribution < -0.4 is 0 Å². The molecule has 26 heavy (non-hydrogen) atoms. The maximum absolute atomic E-state index is 5.04. The average Bonchev–Trinajstić information content (AvgIpc) is 2.81. The van der Waals surface area contributed by atoms with Crippen LogP contribution in [0.2, 0.25) is 0 Å². The molecule has 0 saturated heterocycles. The Balaban J connectivity index is 1.62. The van der Waals surface area contributed by atoms with Crippen molar-refractivity contribution in [3.63, 3.8) is 0 Å². The zero-order valence-corrected chi connectivity index (χ0v) is 15.2. The van der Waals surface area contributed by atoms with Gasteiger partial charge in [-0.25, -0.2) is 0 Å². The molecule has 0 bridgehead atoms. The van der Waals surface area contributed by atoms with E-state index in [1.807, 2.05) is 36.7 Å². The summed E-state index contributed by atoms with van der Waals surface area (Å²) in [5.74, 6) is 0. The maximum Gasteiger partial charge on any atom is 0.0921 e. The van der Waals surface area contributed by atoms with Gasteiger partial charge < -0.3 is 0 Å². The van der Waals surface area contributed by atoms with Gasteiger partial charge in [-0.3, -0.25) is 15.0 Å². The molecule has 0 N–H and O–H groups in total. The molecule has 0 radical (unpaired) electrons. The van der Waals surface area contributed by atoms with Crippen LogP contribution in [-0.2, 0) is 19.3 Å². The van der Waals surface area contributed by atoms with Gasteiger partial charge in [0.2, 0.25) is 0 Å². The summed E-state index contributed by atoms with van der Waals surface area (Å²) in [6.07, 6.45) is 13.3. The van der Waals surface area contributed by atoms with Crippen molar-refractivity contribution in [3.8, 4) is 11.4 Å². The van der Waals surface area contributed by atoms with Gasteiger partial charge in [0.15, 0.2) is 0 Å². The second kappa shape index (κ2) is 8.22. The molecule has 132 valence electrons. The normalized spacial score (nSPS) is 14.8. The van der Waals surface area contributed by atoms with Gasteiger partial charge in [-0.05, 0) is 61.1 Å². The minimum Gasteiger partial charge on any atom is -0.257 e. The molecule has 3 heterocycles. The fraction of sp³-hybridized carbons (Fsp3) is 0.348. The third-order valence-electron chi connectivity index (χ3n) is 5.16. The molecule has 0 aromatic carbocycles. The summed E-state index contributed by atoms with van der Waals surface area (Å²) < 4.78 is 0. The predicted octanol–water partition coefficient (Wildman–Crippen LogP) is 5.18. The fourth-order valence-electron chi connectivity index (χ4n) is 3.77. The third-order valence-corrected chi connectivity index (χ3v) is 5.16. The van der Waals surface area contributed by atoms with Crippen LogP contribution in [0.3, 0.4) is 0 Å². The Bertz CT molecular complexity index is 858. The first-order chi connectivity index (χ1) is 12.9. The predicted molar refractivity (Wildman–Crippen MR) is 105 cm³/mol. The molecule has 0 fully saturated rings. The first-order valence-corrected chi connectivity index (χ1v) is 9.73. The van der Waals surface area contributed by atoms with E-state index in [4.69, 9.17) is 4.98 Å². The highest BCUT2D eigenvalue weighted by Crippen LogP contribution is 2.23. The van der Waals surface area contributed by atoms with Crippen LogP contribution in [-0.4, -0.2) is 15.0 Å². The van der Waals surface area contributed by atoms with Crippen molar-refractivity contribution in [3.05, 3.63) is 77.4 Å². The zero-order chi connectivity index (χ0) is 17.6. The van der Waals surface area contributed by atoms with Gasteiger partial charge in [-0.1, -0.05) is 37.5 Å². The molecule has 0 unspecified atom stereocenters. The zero-order valence-electron chi connectivity index (χ0n) is 15.2.